The fraction of sp³-hybridized carbons (Fsp3) is 0.478. The number of hydrogen-bond acceptors (Lipinski definition) is 3. The molecule has 2 fully saturated rings. The van der Waals surface area contributed by atoms with E-state index in [4.69, 9.17) is 0 Å². The Morgan fingerprint density at radius 3 is 2.31 bits per heavy atom. The number of carbonyl (C=O) groups excluding carboxylic acids is 2. The molecule has 29 heavy (non-hydrogen) atoms. The number of amides is 2. The molecule has 0 aliphatic heterocycles. The number of halogens is 1. The van der Waals surface area contributed by atoms with Crippen molar-refractivity contribution in [2.75, 3.05) is 6.54 Å². The molecule has 0 atom stereocenters. The van der Waals surface area contributed by atoms with Gasteiger partial charge in [-0.15, -0.1) is 11.3 Å². The van der Waals surface area contributed by atoms with Crippen LogP contribution in [-0.2, 0) is 22.7 Å². The Bertz CT molecular complexity index is 871. The summed E-state index contributed by atoms with van der Waals surface area (Å²) in [5, 5.41) is 0. The fourth-order valence-corrected chi connectivity index (χ4v) is 4.62. The van der Waals surface area contributed by atoms with Crippen molar-refractivity contribution >= 4 is 23.2 Å². The van der Waals surface area contributed by atoms with Gasteiger partial charge in [-0.25, -0.2) is 4.39 Å². The number of nitrogens with zero attached hydrogens (tertiary/aromatic N) is 2. The van der Waals surface area contributed by atoms with Crippen LogP contribution in [0.1, 0.15) is 47.4 Å². The highest BCUT2D eigenvalue weighted by molar-refractivity contribution is 7.11. The van der Waals surface area contributed by atoms with Gasteiger partial charge in [0.25, 0.3) is 0 Å². The van der Waals surface area contributed by atoms with Crippen molar-refractivity contribution in [1.29, 1.82) is 0 Å². The minimum atomic E-state index is -0.286. The van der Waals surface area contributed by atoms with Crippen molar-refractivity contribution in [1.82, 2.24) is 9.80 Å². The first-order chi connectivity index (χ1) is 14.0. The molecule has 2 amide bonds. The van der Waals surface area contributed by atoms with Gasteiger partial charge in [0.15, 0.2) is 0 Å². The minimum absolute atomic E-state index is 0.0417. The van der Waals surface area contributed by atoms with E-state index >= 15 is 0 Å². The molecule has 1 aromatic carbocycles. The van der Waals surface area contributed by atoms with Crippen LogP contribution in [0.25, 0.3) is 0 Å². The first-order valence-electron chi connectivity index (χ1n) is 10.4. The van der Waals surface area contributed by atoms with Crippen LogP contribution in [0.3, 0.4) is 0 Å². The number of hydrogen-bond donors (Lipinski definition) is 0. The summed E-state index contributed by atoms with van der Waals surface area (Å²) in [7, 11) is 0. The number of carbonyl (C=O) groups is 2. The number of aryl methyl sites for hydroxylation is 1. The highest BCUT2D eigenvalue weighted by atomic mass is 32.1. The Kier molecular flexibility index (Phi) is 5.99. The normalized spacial score (nSPS) is 16.3. The smallest absolute Gasteiger partial charge is 0.242 e. The minimum Gasteiger partial charge on any atom is -0.332 e. The van der Waals surface area contributed by atoms with E-state index in [1.54, 1.807) is 28.4 Å². The monoisotopic (exact) mass is 414 g/mol. The molecule has 0 unspecified atom stereocenters. The van der Waals surface area contributed by atoms with E-state index in [0.29, 0.717) is 13.1 Å². The van der Waals surface area contributed by atoms with Gasteiger partial charge in [0.2, 0.25) is 11.8 Å². The van der Waals surface area contributed by atoms with Crippen LogP contribution in [0.5, 0.6) is 0 Å². The molecule has 6 heteroatoms. The summed E-state index contributed by atoms with van der Waals surface area (Å²) in [6.45, 7) is 3.11. The molecule has 0 saturated heterocycles. The van der Waals surface area contributed by atoms with E-state index in [2.05, 4.69) is 6.07 Å². The molecule has 0 N–H and O–H groups in total. The van der Waals surface area contributed by atoms with Crippen LogP contribution < -0.4 is 0 Å². The van der Waals surface area contributed by atoms with Gasteiger partial charge in [-0.3, -0.25) is 9.59 Å². The largest absolute Gasteiger partial charge is 0.332 e. The van der Waals surface area contributed by atoms with Crippen LogP contribution in [-0.4, -0.2) is 34.2 Å². The van der Waals surface area contributed by atoms with Gasteiger partial charge >= 0.3 is 0 Å². The number of thiophene rings is 1. The van der Waals surface area contributed by atoms with Gasteiger partial charge in [0, 0.05) is 28.3 Å². The molecule has 4 nitrogen and oxygen atoms in total. The molecule has 4 rings (SSSR count). The van der Waals surface area contributed by atoms with Crippen molar-refractivity contribution in [3.8, 4) is 0 Å². The summed E-state index contributed by atoms with van der Waals surface area (Å²) >= 11 is 1.67. The predicted molar refractivity (Wildman–Crippen MR) is 112 cm³/mol. The standard InChI is InChI=1S/C23H27FN2O2S/c1-16-5-12-21(29-16)14-25(13-17-6-8-19(24)9-7-17)22(27)15-26(20-10-11-20)23(28)18-3-2-4-18/h5-9,12,18,20H,2-4,10-11,13-15H2,1H3. The Morgan fingerprint density at radius 1 is 1.03 bits per heavy atom. The highest BCUT2D eigenvalue weighted by Crippen LogP contribution is 2.34. The molecule has 0 bridgehead atoms. The lowest BCUT2D eigenvalue weighted by molar-refractivity contribution is -0.145. The zero-order valence-corrected chi connectivity index (χ0v) is 17.6. The van der Waals surface area contributed by atoms with Gasteiger partial charge in [-0.1, -0.05) is 18.6 Å². The summed E-state index contributed by atoms with van der Waals surface area (Å²) in [5.41, 5.74) is 0.885. The Hall–Kier alpha value is -2.21. The third-order valence-corrected chi connectivity index (χ3v) is 6.80. The summed E-state index contributed by atoms with van der Waals surface area (Å²) in [6, 6.07) is 10.6. The first-order valence-corrected chi connectivity index (χ1v) is 11.2. The van der Waals surface area contributed by atoms with E-state index in [1.165, 1.54) is 17.0 Å². The van der Waals surface area contributed by atoms with E-state index in [-0.39, 0.29) is 36.1 Å². The first kappa shape index (κ1) is 20.1. The maximum absolute atomic E-state index is 13.3. The predicted octanol–water partition coefficient (Wildman–Crippen LogP) is 4.52. The lowest BCUT2D eigenvalue weighted by Gasteiger charge is -2.33. The highest BCUT2D eigenvalue weighted by Gasteiger charge is 2.39. The Labute approximate surface area is 175 Å². The SMILES string of the molecule is Cc1ccc(CN(Cc2ccc(F)cc2)C(=O)CN(C(=O)C2CCC2)C2CC2)s1. The third kappa shape index (κ3) is 5.04. The second-order valence-electron chi connectivity index (χ2n) is 8.21. The summed E-state index contributed by atoms with van der Waals surface area (Å²) < 4.78 is 13.3. The van der Waals surface area contributed by atoms with Gasteiger partial charge in [0.1, 0.15) is 12.4 Å². The molecule has 2 aromatic rings. The molecule has 0 radical (unpaired) electrons. The topological polar surface area (TPSA) is 40.6 Å². The molecule has 0 spiro atoms. The van der Waals surface area contributed by atoms with Crippen molar-refractivity contribution in [3.63, 3.8) is 0 Å². The number of rotatable bonds is 8. The summed E-state index contributed by atoms with van der Waals surface area (Å²) in [6.07, 6.45) is 4.99. The van der Waals surface area contributed by atoms with Crippen molar-refractivity contribution in [3.05, 3.63) is 57.5 Å². The van der Waals surface area contributed by atoms with Crippen molar-refractivity contribution in [2.45, 2.75) is 58.2 Å². The number of benzene rings is 1. The quantitative estimate of drug-likeness (QED) is 0.637. The molecular weight excluding hydrogens is 387 g/mol. The summed E-state index contributed by atoms with van der Waals surface area (Å²) in [5.74, 6) is -0.0684. The van der Waals surface area contributed by atoms with Crippen LogP contribution in [0.15, 0.2) is 36.4 Å². The fourth-order valence-electron chi connectivity index (χ4n) is 3.71. The average Bonchev–Trinajstić information content (AvgIpc) is 3.41. The van der Waals surface area contributed by atoms with Gasteiger partial charge in [-0.05, 0) is 62.4 Å². The maximum atomic E-state index is 13.3. The van der Waals surface area contributed by atoms with E-state index < -0.39 is 0 Å². The van der Waals surface area contributed by atoms with Gasteiger partial charge in [-0.2, -0.15) is 0 Å². The Morgan fingerprint density at radius 2 is 1.76 bits per heavy atom. The van der Waals surface area contributed by atoms with Gasteiger partial charge < -0.3 is 9.80 Å². The third-order valence-electron chi connectivity index (χ3n) is 5.81. The molecular formula is C23H27FN2O2S. The van der Waals surface area contributed by atoms with Crippen LogP contribution >= 0.6 is 11.3 Å². The maximum Gasteiger partial charge on any atom is 0.242 e. The van der Waals surface area contributed by atoms with Crippen LogP contribution in [0, 0.1) is 18.7 Å². The van der Waals surface area contributed by atoms with E-state index in [9.17, 15) is 14.0 Å². The zero-order chi connectivity index (χ0) is 20.4. The second-order valence-corrected chi connectivity index (χ2v) is 9.59. The van der Waals surface area contributed by atoms with Crippen molar-refractivity contribution in [2.24, 2.45) is 5.92 Å². The van der Waals surface area contributed by atoms with E-state index in [0.717, 1.165) is 42.5 Å². The van der Waals surface area contributed by atoms with Crippen molar-refractivity contribution < 1.29 is 14.0 Å². The molecule has 2 aliphatic rings. The molecule has 2 aliphatic carbocycles. The second kappa shape index (κ2) is 8.66. The Balaban J connectivity index is 1.49. The van der Waals surface area contributed by atoms with Gasteiger partial charge in [0.05, 0.1) is 6.54 Å². The van der Waals surface area contributed by atoms with Crippen LogP contribution in [0.4, 0.5) is 4.39 Å². The molecule has 154 valence electrons. The lowest BCUT2D eigenvalue weighted by Crippen LogP contribution is -2.46. The zero-order valence-electron chi connectivity index (χ0n) is 16.8. The lowest BCUT2D eigenvalue weighted by atomic mass is 9.84. The molecule has 1 aromatic heterocycles. The molecule has 1 heterocycles. The molecule has 2 saturated carbocycles. The summed E-state index contributed by atoms with van der Waals surface area (Å²) in [4.78, 5) is 32.0. The average molecular weight is 415 g/mol. The van der Waals surface area contributed by atoms with E-state index in [1.807, 2.05) is 17.9 Å². The van der Waals surface area contributed by atoms with Crippen LogP contribution in [0.2, 0.25) is 0 Å².